The molecule has 5 heteroatoms. The minimum absolute atomic E-state index is 0.0584. The smallest absolute Gasteiger partial charge is 0.272 e. The average Bonchev–Trinajstić information content (AvgIpc) is 2.99. The largest absolute Gasteiger partial charge is 0.349 e. The van der Waals surface area contributed by atoms with Gasteiger partial charge in [-0.1, -0.05) is 24.6 Å². The van der Waals surface area contributed by atoms with Gasteiger partial charge in [-0.05, 0) is 51.3 Å². The lowest BCUT2D eigenvalue weighted by atomic mass is 9.95. The van der Waals surface area contributed by atoms with Crippen LogP contribution in [0.15, 0.2) is 24.3 Å². The zero-order chi connectivity index (χ0) is 16.9. The van der Waals surface area contributed by atoms with Gasteiger partial charge in [0, 0.05) is 24.3 Å². The summed E-state index contributed by atoms with van der Waals surface area (Å²) in [6.07, 6.45) is 4.22. The average molecular weight is 326 g/mol. The number of hydrogen-bond donors (Lipinski definition) is 2. The van der Waals surface area contributed by atoms with E-state index in [4.69, 9.17) is 0 Å². The Hall–Kier alpha value is -2.14. The van der Waals surface area contributed by atoms with E-state index in [1.165, 1.54) is 11.3 Å². The number of carbonyl (C=O) groups is 1. The number of likely N-dealkylation sites (N-methyl/N-ethyl adjacent to an activating group) is 1. The van der Waals surface area contributed by atoms with E-state index in [-0.39, 0.29) is 5.91 Å². The number of hydrogen-bond acceptors (Lipinski definition) is 3. The summed E-state index contributed by atoms with van der Waals surface area (Å²) in [5, 5.41) is 10.9. The number of benzene rings is 1. The van der Waals surface area contributed by atoms with Crippen LogP contribution in [0.4, 0.5) is 0 Å². The molecule has 0 radical (unpaired) electrons. The fourth-order valence-electron chi connectivity index (χ4n) is 3.21. The first kappa shape index (κ1) is 16.7. The third kappa shape index (κ3) is 3.51. The number of aromatic nitrogens is 2. The first-order valence-electron chi connectivity index (χ1n) is 8.87. The molecule has 2 N–H and O–H groups in total. The van der Waals surface area contributed by atoms with Crippen molar-refractivity contribution < 1.29 is 4.79 Å². The quantitative estimate of drug-likeness (QED) is 0.802. The monoisotopic (exact) mass is 326 g/mol. The Labute approximate surface area is 143 Å². The normalized spacial score (nSPS) is 13.6. The lowest BCUT2D eigenvalue weighted by Crippen LogP contribution is -2.32. The van der Waals surface area contributed by atoms with Crippen LogP contribution in [0.5, 0.6) is 0 Å². The molecule has 0 spiro atoms. The third-order valence-electron chi connectivity index (χ3n) is 4.51. The molecule has 3 rings (SSSR count). The van der Waals surface area contributed by atoms with Crippen molar-refractivity contribution in [1.82, 2.24) is 20.4 Å². The Morgan fingerprint density at radius 3 is 2.67 bits per heavy atom. The highest BCUT2D eigenvalue weighted by atomic mass is 16.1. The standard InChI is InChI=1S/C19H26N4O/c1-3-20-12-13-21-19(24)18-16-6-4-5-7-17(16)23(22-18)15-10-8-14(2)9-11-15/h8-11,20H,3-7,12-13H2,1-2H3,(H,21,24). The van der Waals surface area contributed by atoms with Crippen LogP contribution in [0.2, 0.25) is 0 Å². The Morgan fingerprint density at radius 2 is 1.92 bits per heavy atom. The highest BCUT2D eigenvalue weighted by Crippen LogP contribution is 2.27. The van der Waals surface area contributed by atoms with Crippen molar-refractivity contribution in [3.63, 3.8) is 0 Å². The maximum atomic E-state index is 12.6. The van der Waals surface area contributed by atoms with Gasteiger partial charge in [0.25, 0.3) is 5.91 Å². The molecule has 0 aliphatic heterocycles. The Balaban J connectivity index is 1.87. The molecule has 2 aromatic rings. The van der Waals surface area contributed by atoms with Gasteiger partial charge in [0.2, 0.25) is 0 Å². The van der Waals surface area contributed by atoms with Crippen molar-refractivity contribution in [1.29, 1.82) is 0 Å². The van der Waals surface area contributed by atoms with Crippen molar-refractivity contribution in [3.05, 3.63) is 46.8 Å². The molecule has 1 aliphatic carbocycles. The maximum absolute atomic E-state index is 12.6. The lowest BCUT2D eigenvalue weighted by molar-refractivity contribution is 0.0947. The van der Waals surface area contributed by atoms with Crippen molar-refractivity contribution in [2.45, 2.75) is 39.5 Å². The van der Waals surface area contributed by atoms with Crippen LogP contribution < -0.4 is 10.6 Å². The van der Waals surface area contributed by atoms with Crippen molar-refractivity contribution >= 4 is 5.91 Å². The summed E-state index contributed by atoms with van der Waals surface area (Å²) in [5.41, 5.74) is 5.18. The summed E-state index contributed by atoms with van der Waals surface area (Å²) >= 11 is 0. The van der Waals surface area contributed by atoms with Crippen LogP contribution in [0, 0.1) is 6.92 Å². The highest BCUT2D eigenvalue weighted by Gasteiger charge is 2.25. The number of nitrogens with zero attached hydrogens (tertiary/aromatic N) is 2. The minimum Gasteiger partial charge on any atom is -0.349 e. The van der Waals surface area contributed by atoms with E-state index in [9.17, 15) is 4.79 Å². The molecule has 128 valence electrons. The van der Waals surface area contributed by atoms with Crippen molar-refractivity contribution in [2.24, 2.45) is 0 Å². The number of fused-ring (bicyclic) bond motifs is 1. The van der Waals surface area contributed by atoms with E-state index in [0.29, 0.717) is 12.2 Å². The van der Waals surface area contributed by atoms with Gasteiger partial charge in [-0.3, -0.25) is 4.79 Å². The van der Waals surface area contributed by atoms with E-state index in [2.05, 4.69) is 53.8 Å². The second-order valence-electron chi connectivity index (χ2n) is 6.34. The topological polar surface area (TPSA) is 58.9 Å². The van der Waals surface area contributed by atoms with Crippen LogP contribution in [-0.2, 0) is 12.8 Å². The Kier molecular flexibility index (Phi) is 5.30. The lowest BCUT2D eigenvalue weighted by Gasteiger charge is -2.14. The van der Waals surface area contributed by atoms with Crippen LogP contribution >= 0.6 is 0 Å². The van der Waals surface area contributed by atoms with E-state index in [1.807, 2.05) is 4.68 Å². The summed E-state index contributed by atoms with van der Waals surface area (Å²) < 4.78 is 1.97. The molecule has 0 saturated carbocycles. The molecule has 1 heterocycles. The molecule has 0 atom stereocenters. The molecule has 0 bridgehead atoms. The molecule has 1 aliphatic rings. The zero-order valence-corrected chi connectivity index (χ0v) is 14.6. The summed E-state index contributed by atoms with van der Waals surface area (Å²) in [5.74, 6) is -0.0584. The fraction of sp³-hybridized carbons (Fsp3) is 0.474. The minimum atomic E-state index is -0.0584. The molecule has 5 nitrogen and oxygen atoms in total. The van der Waals surface area contributed by atoms with E-state index in [1.54, 1.807) is 0 Å². The van der Waals surface area contributed by atoms with Gasteiger partial charge in [-0.15, -0.1) is 0 Å². The summed E-state index contributed by atoms with van der Waals surface area (Å²) in [6.45, 7) is 6.45. The Morgan fingerprint density at radius 1 is 1.17 bits per heavy atom. The number of nitrogens with one attached hydrogen (secondary N) is 2. The second kappa shape index (κ2) is 7.62. The van der Waals surface area contributed by atoms with Crippen LogP contribution in [0.1, 0.15) is 47.1 Å². The highest BCUT2D eigenvalue weighted by molar-refractivity contribution is 5.94. The number of carbonyl (C=O) groups excluding carboxylic acids is 1. The molecule has 1 aromatic heterocycles. The van der Waals surface area contributed by atoms with Gasteiger partial charge in [0.15, 0.2) is 5.69 Å². The van der Waals surface area contributed by atoms with E-state index < -0.39 is 0 Å². The number of amides is 1. The van der Waals surface area contributed by atoms with Gasteiger partial charge in [-0.25, -0.2) is 4.68 Å². The summed E-state index contributed by atoms with van der Waals surface area (Å²) in [4.78, 5) is 12.6. The summed E-state index contributed by atoms with van der Waals surface area (Å²) in [6, 6.07) is 8.32. The van der Waals surface area contributed by atoms with Crippen molar-refractivity contribution in [3.8, 4) is 5.69 Å². The van der Waals surface area contributed by atoms with Crippen LogP contribution in [0.3, 0.4) is 0 Å². The summed E-state index contributed by atoms with van der Waals surface area (Å²) in [7, 11) is 0. The molecule has 1 aromatic carbocycles. The van der Waals surface area contributed by atoms with Gasteiger partial charge < -0.3 is 10.6 Å². The van der Waals surface area contributed by atoms with E-state index >= 15 is 0 Å². The Bertz CT molecular complexity index is 703. The van der Waals surface area contributed by atoms with Gasteiger partial charge in [0.1, 0.15) is 0 Å². The molecule has 1 amide bonds. The zero-order valence-electron chi connectivity index (χ0n) is 14.6. The van der Waals surface area contributed by atoms with Crippen molar-refractivity contribution in [2.75, 3.05) is 19.6 Å². The molecular formula is C19H26N4O. The molecule has 24 heavy (non-hydrogen) atoms. The van der Waals surface area contributed by atoms with Gasteiger partial charge in [0.05, 0.1) is 5.69 Å². The first-order valence-corrected chi connectivity index (χ1v) is 8.87. The molecule has 0 fully saturated rings. The van der Waals surface area contributed by atoms with Crippen LogP contribution in [0.25, 0.3) is 5.69 Å². The third-order valence-corrected chi connectivity index (χ3v) is 4.51. The fourth-order valence-corrected chi connectivity index (χ4v) is 3.21. The van der Waals surface area contributed by atoms with E-state index in [0.717, 1.165) is 50.0 Å². The predicted octanol–water partition coefficient (Wildman–Crippen LogP) is 2.40. The van der Waals surface area contributed by atoms with Gasteiger partial charge >= 0.3 is 0 Å². The maximum Gasteiger partial charge on any atom is 0.272 e. The number of aryl methyl sites for hydroxylation is 1. The SMILES string of the molecule is CCNCCNC(=O)c1nn(-c2ccc(C)cc2)c2c1CCCC2. The first-order chi connectivity index (χ1) is 11.7. The molecular weight excluding hydrogens is 300 g/mol. The molecule has 0 unspecified atom stereocenters. The molecule has 0 saturated heterocycles. The predicted molar refractivity (Wildman–Crippen MR) is 95.8 cm³/mol. The van der Waals surface area contributed by atoms with Gasteiger partial charge in [-0.2, -0.15) is 5.10 Å². The van der Waals surface area contributed by atoms with Crippen LogP contribution in [-0.4, -0.2) is 35.3 Å². The second-order valence-corrected chi connectivity index (χ2v) is 6.34. The number of rotatable bonds is 6.